The number of benzene rings is 2. The number of ether oxygens (including phenoxy) is 1. The molecule has 0 saturated heterocycles. The van der Waals surface area contributed by atoms with Crippen LogP contribution in [0.15, 0.2) is 48.5 Å². The number of carbonyl (C=O) groups excluding carboxylic acids is 1. The molecule has 2 aromatic rings. The molecule has 1 aliphatic heterocycles. The average molecular weight is 278 g/mol. The average Bonchev–Trinajstić information content (AvgIpc) is 2.85. The van der Waals surface area contributed by atoms with Crippen LogP contribution >= 0.6 is 0 Å². The predicted molar refractivity (Wildman–Crippen MR) is 81.9 cm³/mol. The predicted octanol–water partition coefficient (Wildman–Crippen LogP) is 4.00. The summed E-state index contributed by atoms with van der Waals surface area (Å²) in [7, 11) is 0. The monoisotopic (exact) mass is 278 g/mol. The van der Waals surface area contributed by atoms with E-state index in [1.807, 2.05) is 30.3 Å². The Kier molecular flexibility index (Phi) is 3.03. The molecular weight excluding hydrogens is 260 g/mol. The van der Waals surface area contributed by atoms with Crippen LogP contribution in [-0.2, 0) is 6.42 Å². The summed E-state index contributed by atoms with van der Waals surface area (Å²) in [5.74, 6) is 1.91. The number of para-hydroxylation sites is 1. The summed E-state index contributed by atoms with van der Waals surface area (Å²) in [6, 6.07) is 16.3. The molecule has 0 amide bonds. The van der Waals surface area contributed by atoms with Gasteiger partial charge in [-0.2, -0.15) is 0 Å². The summed E-state index contributed by atoms with van der Waals surface area (Å²) in [6.45, 7) is 0.759. The van der Waals surface area contributed by atoms with E-state index in [0.29, 0.717) is 11.7 Å². The lowest BCUT2D eigenvalue weighted by atomic mass is 9.83. The van der Waals surface area contributed by atoms with Crippen molar-refractivity contribution in [3.63, 3.8) is 0 Å². The van der Waals surface area contributed by atoms with Gasteiger partial charge in [0.15, 0.2) is 5.78 Å². The van der Waals surface area contributed by atoms with E-state index in [1.165, 1.54) is 11.1 Å². The molecule has 2 atom stereocenters. The highest BCUT2D eigenvalue weighted by Crippen LogP contribution is 2.40. The van der Waals surface area contributed by atoms with Gasteiger partial charge in [-0.1, -0.05) is 42.5 Å². The first-order valence-electron chi connectivity index (χ1n) is 7.67. The van der Waals surface area contributed by atoms with Gasteiger partial charge >= 0.3 is 0 Å². The van der Waals surface area contributed by atoms with Crippen molar-refractivity contribution in [2.75, 3.05) is 6.61 Å². The van der Waals surface area contributed by atoms with Crippen LogP contribution in [0.4, 0.5) is 0 Å². The zero-order chi connectivity index (χ0) is 14.2. The molecule has 106 valence electrons. The van der Waals surface area contributed by atoms with E-state index in [4.69, 9.17) is 4.74 Å². The van der Waals surface area contributed by atoms with E-state index in [9.17, 15) is 4.79 Å². The van der Waals surface area contributed by atoms with Gasteiger partial charge in [0.2, 0.25) is 0 Å². The van der Waals surface area contributed by atoms with Crippen LogP contribution in [0.1, 0.15) is 40.2 Å². The Morgan fingerprint density at radius 2 is 1.81 bits per heavy atom. The first-order chi connectivity index (χ1) is 10.3. The van der Waals surface area contributed by atoms with Crippen molar-refractivity contribution in [2.45, 2.75) is 25.2 Å². The second-order valence-electron chi connectivity index (χ2n) is 6.03. The highest BCUT2D eigenvalue weighted by atomic mass is 16.5. The summed E-state index contributed by atoms with van der Waals surface area (Å²) < 4.78 is 5.72. The SMILES string of the molecule is O=C1c2ccccc2CC1CC1CCOc2ccccc21. The van der Waals surface area contributed by atoms with Crippen molar-refractivity contribution in [3.8, 4) is 5.75 Å². The number of hydrogen-bond acceptors (Lipinski definition) is 2. The summed E-state index contributed by atoms with van der Waals surface area (Å²) >= 11 is 0. The minimum atomic E-state index is 0.138. The molecule has 4 rings (SSSR count). The fourth-order valence-corrected chi connectivity index (χ4v) is 3.71. The van der Waals surface area contributed by atoms with Crippen LogP contribution in [-0.4, -0.2) is 12.4 Å². The molecule has 2 unspecified atom stereocenters. The van der Waals surface area contributed by atoms with E-state index in [1.54, 1.807) is 0 Å². The largest absolute Gasteiger partial charge is 0.493 e. The maximum Gasteiger partial charge on any atom is 0.166 e. The van der Waals surface area contributed by atoms with Gasteiger partial charge in [-0.05, 0) is 42.4 Å². The molecule has 1 aliphatic carbocycles. The second-order valence-corrected chi connectivity index (χ2v) is 6.03. The van der Waals surface area contributed by atoms with Crippen LogP contribution in [0.5, 0.6) is 5.75 Å². The third kappa shape index (κ3) is 2.15. The van der Waals surface area contributed by atoms with Crippen LogP contribution in [0.25, 0.3) is 0 Å². The van der Waals surface area contributed by atoms with Gasteiger partial charge in [-0.15, -0.1) is 0 Å². The van der Waals surface area contributed by atoms with E-state index in [-0.39, 0.29) is 5.92 Å². The molecule has 0 radical (unpaired) electrons. The molecule has 2 heteroatoms. The molecule has 2 aromatic carbocycles. The molecule has 0 N–H and O–H groups in total. The highest BCUT2D eigenvalue weighted by molar-refractivity contribution is 6.02. The van der Waals surface area contributed by atoms with E-state index in [0.717, 1.165) is 37.2 Å². The third-order valence-electron chi connectivity index (χ3n) is 4.77. The maximum atomic E-state index is 12.6. The first-order valence-corrected chi connectivity index (χ1v) is 7.67. The Labute approximate surface area is 124 Å². The molecule has 2 aliphatic rings. The summed E-state index contributed by atoms with van der Waals surface area (Å²) in [4.78, 5) is 12.6. The van der Waals surface area contributed by atoms with Crippen LogP contribution in [0.2, 0.25) is 0 Å². The van der Waals surface area contributed by atoms with E-state index < -0.39 is 0 Å². The lowest BCUT2D eigenvalue weighted by Gasteiger charge is -2.27. The third-order valence-corrected chi connectivity index (χ3v) is 4.77. The smallest absolute Gasteiger partial charge is 0.166 e. The topological polar surface area (TPSA) is 26.3 Å². The minimum Gasteiger partial charge on any atom is -0.493 e. The fourth-order valence-electron chi connectivity index (χ4n) is 3.71. The molecule has 1 heterocycles. The Hall–Kier alpha value is -2.09. The van der Waals surface area contributed by atoms with Crippen molar-refractivity contribution >= 4 is 5.78 Å². The number of Topliss-reactive ketones (excluding diaryl/α,β-unsaturated/α-hetero) is 1. The van der Waals surface area contributed by atoms with Gasteiger partial charge in [-0.25, -0.2) is 0 Å². The van der Waals surface area contributed by atoms with Crippen molar-refractivity contribution < 1.29 is 9.53 Å². The van der Waals surface area contributed by atoms with Crippen LogP contribution in [0, 0.1) is 5.92 Å². The zero-order valence-corrected chi connectivity index (χ0v) is 11.9. The summed E-state index contributed by atoms with van der Waals surface area (Å²) in [6.07, 6.45) is 2.85. The second kappa shape index (κ2) is 5.03. The highest BCUT2D eigenvalue weighted by Gasteiger charge is 2.33. The number of ketones is 1. The van der Waals surface area contributed by atoms with Crippen LogP contribution < -0.4 is 4.74 Å². The normalized spacial score (nSPS) is 23.3. The van der Waals surface area contributed by atoms with Crippen molar-refractivity contribution in [1.82, 2.24) is 0 Å². The molecule has 21 heavy (non-hydrogen) atoms. The number of carbonyl (C=O) groups is 1. The maximum absolute atomic E-state index is 12.6. The van der Waals surface area contributed by atoms with E-state index in [2.05, 4.69) is 18.2 Å². The number of rotatable bonds is 2. The van der Waals surface area contributed by atoms with Crippen LogP contribution in [0.3, 0.4) is 0 Å². The van der Waals surface area contributed by atoms with Gasteiger partial charge in [0, 0.05) is 11.5 Å². The summed E-state index contributed by atoms with van der Waals surface area (Å²) in [5.41, 5.74) is 3.42. The van der Waals surface area contributed by atoms with Crippen molar-refractivity contribution in [2.24, 2.45) is 5.92 Å². The van der Waals surface area contributed by atoms with Gasteiger partial charge in [-0.3, -0.25) is 4.79 Å². The Morgan fingerprint density at radius 3 is 2.71 bits per heavy atom. The van der Waals surface area contributed by atoms with Gasteiger partial charge < -0.3 is 4.74 Å². The molecule has 0 fully saturated rings. The number of hydrogen-bond donors (Lipinski definition) is 0. The van der Waals surface area contributed by atoms with Crippen molar-refractivity contribution in [1.29, 1.82) is 0 Å². The zero-order valence-electron chi connectivity index (χ0n) is 11.9. The number of fused-ring (bicyclic) bond motifs is 2. The molecule has 0 aromatic heterocycles. The molecule has 0 spiro atoms. The lowest BCUT2D eigenvalue weighted by Crippen LogP contribution is -2.19. The molecule has 2 nitrogen and oxygen atoms in total. The minimum absolute atomic E-state index is 0.138. The first kappa shape index (κ1) is 12.6. The molecule has 0 saturated carbocycles. The van der Waals surface area contributed by atoms with Gasteiger partial charge in [0.05, 0.1) is 6.61 Å². The Morgan fingerprint density at radius 1 is 1.00 bits per heavy atom. The quantitative estimate of drug-likeness (QED) is 0.830. The summed E-state index contributed by atoms with van der Waals surface area (Å²) in [5, 5.41) is 0. The molecular formula is C19H18O2. The van der Waals surface area contributed by atoms with Crippen molar-refractivity contribution in [3.05, 3.63) is 65.2 Å². The fraction of sp³-hybridized carbons (Fsp3) is 0.316. The standard InChI is InChI=1S/C19H18O2/c20-19-15(11-13-5-1-2-7-17(13)19)12-14-9-10-21-18-8-4-3-6-16(14)18/h1-8,14-15H,9-12H2. The lowest BCUT2D eigenvalue weighted by molar-refractivity contribution is 0.0921. The molecule has 0 bridgehead atoms. The van der Waals surface area contributed by atoms with E-state index >= 15 is 0 Å². The Balaban J connectivity index is 1.58. The Bertz CT molecular complexity index is 689. The van der Waals surface area contributed by atoms with Gasteiger partial charge in [0.25, 0.3) is 0 Å². The van der Waals surface area contributed by atoms with Gasteiger partial charge in [0.1, 0.15) is 5.75 Å².